The van der Waals surface area contributed by atoms with E-state index in [0.717, 1.165) is 29.1 Å². The number of rotatable bonds is 7. The molecule has 0 saturated carbocycles. The van der Waals surface area contributed by atoms with Gasteiger partial charge in [-0.05, 0) is 46.2 Å². The van der Waals surface area contributed by atoms with Gasteiger partial charge in [0.05, 0.1) is 11.8 Å². The van der Waals surface area contributed by atoms with Crippen LogP contribution >= 0.6 is 0 Å². The lowest BCUT2D eigenvalue weighted by Gasteiger charge is -2.10. The third-order valence-corrected chi connectivity index (χ3v) is 4.85. The van der Waals surface area contributed by atoms with Crippen molar-refractivity contribution >= 4 is 5.91 Å². The van der Waals surface area contributed by atoms with E-state index in [2.05, 4.69) is 21.6 Å². The van der Waals surface area contributed by atoms with Crippen LogP contribution in [0.25, 0.3) is 0 Å². The summed E-state index contributed by atoms with van der Waals surface area (Å²) in [7, 11) is 0. The zero-order chi connectivity index (χ0) is 20.3. The van der Waals surface area contributed by atoms with Gasteiger partial charge in [0.2, 0.25) is 0 Å². The molecular formula is C21H26N4O3. The number of aromatic nitrogens is 3. The number of nitrogens with one attached hydrogen (secondary N) is 1. The molecule has 3 aromatic rings. The summed E-state index contributed by atoms with van der Waals surface area (Å²) < 4.78 is 13.1. The van der Waals surface area contributed by atoms with Gasteiger partial charge in [0.1, 0.15) is 18.1 Å². The van der Waals surface area contributed by atoms with E-state index in [-0.39, 0.29) is 18.2 Å². The lowest BCUT2D eigenvalue weighted by molar-refractivity contribution is 0.0939. The highest BCUT2D eigenvalue weighted by atomic mass is 16.5. The molecule has 0 aliphatic carbocycles. The molecule has 0 aliphatic rings. The highest BCUT2D eigenvalue weighted by molar-refractivity contribution is 5.93. The first-order valence-corrected chi connectivity index (χ1v) is 9.35. The van der Waals surface area contributed by atoms with Crippen LogP contribution in [0, 0.1) is 27.7 Å². The van der Waals surface area contributed by atoms with Crippen molar-refractivity contribution in [1.29, 1.82) is 0 Å². The number of hydrogen-bond donors (Lipinski definition) is 1. The van der Waals surface area contributed by atoms with E-state index in [1.165, 1.54) is 5.56 Å². The van der Waals surface area contributed by atoms with Crippen molar-refractivity contribution in [2.24, 2.45) is 0 Å². The van der Waals surface area contributed by atoms with Crippen LogP contribution in [0.5, 0.6) is 5.75 Å². The minimum Gasteiger partial charge on any atom is -0.488 e. The second kappa shape index (κ2) is 8.29. The Hall–Kier alpha value is -3.09. The van der Waals surface area contributed by atoms with Crippen LogP contribution in [0.3, 0.4) is 0 Å². The lowest BCUT2D eigenvalue weighted by Crippen LogP contribution is -2.25. The van der Waals surface area contributed by atoms with Gasteiger partial charge in [-0.1, -0.05) is 22.9 Å². The Morgan fingerprint density at radius 1 is 1.25 bits per heavy atom. The molecule has 1 N–H and O–H groups in total. The summed E-state index contributed by atoms with van der Waals surface area (Å²) in [5.41, 5.74) is 5.14. The number of hydrogen-bond acceptors (Lipinski definition) is 5. The first kappa shape index (κ1) is 19.7. The van der Waals surface area contributed by atoms with Crippen molar-refractivity contribution in [3.05, 3.63) is 63.8 Å². The number of nitrogens with zero attached hydrogens (tertiary/aromatic N) is 3. The number of amides is 1. The second-order valence-electron chi connectivity index (χ2n) is 6.88. The Labute approximate surface area is 164 Å². The summed E-state index contributed by atoms with van der Waals surface area (Å²) in [5, 5.41) is 11.1. The third-order valence-electron chi connectivity index (χ3n) is 4.85. The predicted octanol–water partition coefficient (Wildman–Crippen LogP) is 3.63. The maximum atomic E-state index is 12.6. The van der Waals surface area contributed by atoms with Crippen molar-refractivity contribution in [3.63, 3.8) is 0 Å². The topological polar surface area (TPSA) is 82.2 Å². The molecule has 2 heterocycles. The van der Waals surface area contributed by atoms with Gasteiger partial charge in [-0.2, -0.15) is 5.10 Å². The first-order chi connectivity index (χ1) is 13.4. The molecule has 1 aromatic carbocycles. The Kier molecular flexibility index (Phi) is 5.82. The normalized spacial score (nSPS) is 10.9. The fourth-order valence-corrected chi connectivity index (χ4v) is 3.09. The fraction of sp³-hybridized carbons (Fsp3) is 0.381. The third kappa shape index (κ3) is 4.08. The van der Waals surface area contributed by atoms with Crippen molar-refractivity contribution in [2.45, 2.75) is 54.3 Å². The maximum Gasteiger partial charge on any atom is 0.274 e. The number of carbonyl (C=O) groups is 1. The average Bonchev–Trinajstić information content (AvgIpc) is 3.21. The summed E-state index contributed by atoms with van der Waals surface area (Å²) in [6, 6.07) is 5.98. The summed E-state index contributed by atoms with van der Waals surface area (Å²) in [6.45, 7) is 11.2. The molecule has 0 spiro atoms. The van der Waals surface area contributed by atoms with Gasteiger partial charge in [0, 0.05) is 24.3 Å². The summed E-state index contributed by atoms with van der Waals surface area (Å²) >= 11 is 0. The molecule has 7 heteroatoms. The Balaban J connectivity index is 1.69. The number of aryl methyl sites for hydroxylation is 4. The van der Waals surface area contributed by atoms with Crippen LogP contribution in [0.1, 0.15) is 51.1 Å². The molecular weight excluding hydrogens is 356 g/mol. The van der Waals surface area contributed by atoms with E-state index < -0.39 is 0 Å². The highest BCUT2D eigenvalue weighted by Gasteiger charge is 2.21. The zero-order valence-electron chi connectivity index (χ0n) is 17.0. The quantitative estimate of drug-likeness (QED) is 0.675. The van der Waals surface area contributed by atoms with E-state index in [1.54, 1.807) is 13.1 Å². The molecule has 148 valence electrons. The van der Waals surface area contributed by atoms with Crippen molar-refractivity contribution in [1.82, 2.24) is 20.3 Å². The Morgan fingerprint density at radius 3 is 2.71 bits per heavy atom. The second-order valence-corrected chi connectivity index (χ2v) is 6.88. The van der Waals surface area contributed by atoms with Gasteiger partial charge in [-0.25, -0.2) is 0 Å². The molecule has 0 bridgehead atoms. The van der Waals surface area contributed by atoms with Crippen LogP contribution < -0.4 is 10.1 Å². The fourth-order valence-electron chi connectivity index (χ4n) is 3.09. The van der Waals surface area contributed by atoms with Crippen molar-refractivity contribution in [2.75, 3.05) is 0 Å². The van der Waals surface area contributed by atoms with Crippen molar-refractivity contribution < 1.29 is 14.1 Å². The number of carbonyl (C=O) groups excluding carboxylic acids is 1. The molecule has 0 aliphatic heterocycles. The Morgan fingerprint density at radius 2 is 2.04 bits per heavy atom. The van der Waals surface area contributed by atoms with Crippen LogP contribution in [0.2, 0.25) is 0 Å². The molecule has 0 saturated heterocycles. The zero-order valence-corrected chi connectivity index (χ0v) is 17.0. The summed E-state index contributed by atoms with van der Waals surface area (Å²) in [5.74, 6) is 1.06. The van der Waals surface area contributed by atoms with Gasteiger partial charge >= 0.3 is 0 Å². The smallest absolute Gasteiger partial charge is 0.274 e. The molecule has 0 unspecified atom stereocenters. The van der Waals surface area contributed by atoms with Gasteiger partial charge in [0.15, 0.2) is 5.69 Å². The minimum atomic E-state index is -0.292. The van der Waals surface area contributed by atoms with Gasteiger partial charge in [-0.15, -0.1) is 0 Å². The summed E-state index contributed by atoms with van der Waals surface area (Å²) in [6.07, 6.45) is 1.78. The predicted molar refractivity (Wildman–Crippen MR) is 105 cm³/mol. The standard InChI is InChI=1S/C21H26N4O3/c1-6-25-15(4)17(11-23-25)10-22-21(26)20-18(16(5)28-24-20)12-27-19-8-7-13(2)9-14(19)3/h7-9,11H,6,10,12H2,1-5H3,(H,22,26). The monoisotopic (exact) mass is 382 g/mol. The molecule has 1 amide bonds. The molecule has 0 atom stereocenters. The van der Waals surface area contributed by atoms with Crippen LogP contribution in [-0.4, -0.2) is 20.8 Å². The lowest BCUT2D eigenvalue weighted by atomic mass is 10.1. The molecule has 28 heavy (non-hydrogen) atoms. The molecule has 0 fully saturated rings. The van der Waals surface area contributed by atoms with Crippen LogP contribution in [0.4, 0.5) is 0 Å². The first-order valence-electron chi connectivity index (χ1n) is 9.35. The molecule has 0 radical (unpaired) electrons. The summed E-state index contributed by atoms with van der Waals surface area (Å²) in [4.78, 5) is 12.6. The maximum absolute atomic E-state index is 12.6. The van der Waals surface area contributed by atoms with Gasteiger partial charge < -0.3 is 14.6 Å². The van der Waals surface area contributed by atoms with E-state index in [0.29, 0.717) is 17.9 Å². The molecule has 7 nitrogen and oxygen atoms in total. The van der Waals surface area contributed by atoms with Gasteiger partial charge in [0.25, 0.3) is 5.91 Å². The minimum absolute atomic E-state index is 0.217. The van der Waals surface area contributed by atoms with E-state index in [4.69, 9.17) is 9.26 Å². The largest absolute Gasteiger partial charge is 0.488 e. The molecule has 2 aromatic heterocycles. The molecule has 3 rings (SSSR count). The number of benzene rings is 1. The highest BCUT2D eigenvalue weighted by Crippen LogP contribution is 2.22. The average molecular weight is 382 g/mol. The van der Waals surface area contributed by atoms with E-state index in [1.807, 2.05) is 44.5 Å². The van der Waals surface area contributed by atoms with E-state index in [9.17, 15) is 4.79 Å². The van der Waals surface area contributed by atoms with Gasteiger partial charge in [-0.3, -0.25) is 9.48 Å². The van der Waals surface area contributed by atoms with Crippen LogP contribution in [-0.2, 0) is 19.7 Å². The SMILES string of the molecule is CCn1ncc(CNC(=O)c2noc(C)c2COc2ccc(C)cc2C)c1C. The van der Waals surface area contributed by atoms with Crippen LogP contribution in [0.15, 0.2) is 28.9 Å². The van der Waals surface area contributed by atoms with E-state index >= 15 is 0 Å². The number of ether oxygens (including phenoxy) is 1. The van der Waals surface area contributed by atoms with Crippen molar-refractivity contribution in [3.8, 4) is 5.75 Å². The Bertz CT molecular complexity index is 988.